The normalized spacial score (nSPS) is 11.0. The zero-order valence-electron chi connectivity index (χ0n) is 13.6. The van der Waals surface area contributed by atoms with E-state index in [9.17, 15) is 4.79 Å². The number of rotatable bonds is 3. The Morgan fingerprint density at radius 3 is 2.52 bits per heavy atom. The van der Waals surface area contributed by atoms with Crippen molar-refractivity contribution in [3.63, 3.8) is 0 Å². The summed E-state index contributed by atoms with van der Waals surface area (Å²) in [5.41, 5.74) is 2.49. The number of fused-ring (bicyclic) bond motifs is 1. The first-order valence-corrected chi connectivity index (χ1v) is 8.50. The molecule has 6 heteroatoms. The summed E-state index contributed by atoms with van der Waals surface area (Å²) in [6.07, 6.45) is 0. The minimum atomic E-state index is -0.501. The molecule has 0 aliphatic rings. The van der Waals surface area contributed by atoms with Crippen LogP contribution in [-0.4, -0.2) is 17.3 Å². The smallest absolute Gasteiger partial charge is 0.379 e. The molecule has 0 aliphatic heterocycles. The molecule has 0 amide bonds. The van der Waals surface area contributed by atoms with Gasteiger partial charge in [-0.25, -0.2) is 4.79 Å². The number of hydrogen-bond donors (Lipinski definition) is 0. The van der Waals surface area contributed by atoms with Crippen LogP contribution in [-0.2, 0) is 0 Å². The summed E-state index contributed by atoms with van der Waals surface area (Å²) in [7, 11) is 1.48. The van der Waals surface area contributed by atoms with Crippen molar-refractivity contribution >= 4 is 22.3 Å². The number of methoxy groups -OCH3 is 1. The highest BCUT2D eigenvalue weighted by Gasteiger charge is 2.18. The lowest BCUT2D eigenvalue weighted by Crippen LogP contribution is -2.06. The lowest BCUT2D eigenvalue weighted by molar-refractivity contribution is 0.387. The highest BCUT2D eigenvalue weighted by atomic mass is 32.1. The highest BCUT2D eigenvalue weighted by Crippen LogP contribution is 2.36. The van der Waals surface area contributed by atoms with Crippen molar-refractivity contribution < 1.29 is 9.15 Å². The van der Waals surface area contributed by atoms with E-state index in [1.165, 1.54) is 18.4 Å². The van der Waals surface area contributed by atoms with Crippen LogP contribution in [0.15, 0.2) is 57.7 Å². The second-order valence-electron chi connectivity index (χ2n) is 5.50. The van der Waals surface area contributed by atoms with Crippen LogP contribution in [0.4, 0.5) is 0 Å². The van der Waals surface area contributed by atoms with Crippen LogP contribution in [0.5, 0.6) is 5.75 Å². The average Bonchev–Trinajstić information content (AvgIpc) is 3.07. The van der Waals surface area contributed by atoms with Gasteiger partial charge < -0.3 is 9.15 Å². The minimum absolute atomic E-state index is 0.207. The Labute approximate surface area is 147 Å². The van der Waals surface area contributed by atoms with Crippen LogP contribution < -0.4 is 10.4 Å². The number of benzene rings is 2. The average molecular weight is 350 g/mol. The van der Waals surface area contributed by atoms with E-state index in [2.05, 4.69) is 10.2 Å². The second kappa shape index (κ2) is 6.14. The molecule has 4 aromatic rings. The topological polar surface area (TPSA) is 65.2 Å². The third kappa shape index (κ3) is 2.70. The van der Waals surface area contributed by atoms with Crippen LogP contribution in [0.3, 0.4) is 0 Å². The molecule has 25 heavy (non-hydrogen) atoms. The van der Waals surface area contributed by atoms with Gasteiger partial charge in [0.1, 0.15) is 15.6 Å². The first-order valence-electron chi connectivity index (χ1n) is 7.68. The van der Waals surface area contributed by atoms with Gasteiger partial charge in [-0.3, -0.25) is 0 Å². The van der Waals surface area contributed by atoms with E-state index in [1.807, 2.05) is 55.5 Å². The van der Waals surface area contributed by atoms with Gasteiger partial charge in [0.05, 0.1) is 7.11 Å². The fourth-order valence-corrected chi connectivity index (χ4v) is 3.49. The molecule has 0 radical (unpaired) electrons. The van der Waals surface area contributed by atoms with Crippen LogP contribution in [0, 0.1) is 6.92 Å². The lowest BCUT2D eigenvalue weighted by Gasteiger charge is -2.11. The standard InChI is InChI=1S/C19H14N2O3S/c1-11-20-21-18(25-11)13-8-9-14-15(10-13)24-19(22)17(23-2)16(14)12-6-4-3-5-7-12/h3-10H,1-2H3. The molecule has 4 rings (SSSR count). The fourth-order valence-electron chi connectivity index (χ4n) is 2.81. The molecule has 0 atom stereocenters. The molecule has 0 fully saturated rings. The summed E-state index contributed by atoms with van der Waals surface area (Å²) in [6, 6.07) is 15.4. The van der Waals surface area contributed by atoms with Crippen molar-refractivity contribution in [2.24, 2.45) is 0 Å². The highest BCUT2D eigenvalue weighted by molar-refractivity contribution is 7.14. The third-order valence-electron chi connectivity index (χ3n) is 3.91. The number of hydrogen-bond acceptors (Lipinski definition) is 6. The Morgan fingerprint density at radius 1 is 1.04 bits per heavy atom. The summed E-state index contributed by atoms with van der Waals surface area (Å²) in [5, 5.41) is 10.7. The molecule has 2 aromatic heterocycles. The zero-order valence-corrected chi connectivity index (χ0v) is 14.5. The number of ether oxygens (including phenoxy) is 1. The molecule has 0 aliphatic carbocycles. The van der Waals surface area contributed by atoms with E-state index in [-0.39, 0.29) is 5.75 Å². The van der Waals surface area contributed by atoms with E-state index in [4.69, 9.17) is 9.15 Å². The Morgan fingerprint density at radius 2 is 1.84 bits per heavy atom. The van der Waals surface area contributed by atoms with E-state index in [0.717, 1.165) is 32.1 Å². The van der Waals surface area contributed by atoms with Gasteiger partial charge in [0.15, 0.2) is 0 Å². The van der Waals surface area contributed by atoms with Crippen LogP contribution in [0.1, 0.15) is 5.01 Å². The molecule has 5 nitrogen and oxygen atoms in total. The summed E-state index contributed by atoms with van der Waals surface area (Å²) in [6.45, 7) is 1.90. The Balaban J connectivity index is 2.01. The molecule has 0 saturated heterocycles. The Kier molecular flexibility index (Phi) is 3.82. The van der Waals surface area contributed by atoms with Gasteiger partial charge in [-0.05, 0) is 24.6 Å². The van der Waals surface area contributed by atoms with Crippen molar-refractivity contribution in [3.05, 3.63) is 64.0 Å². The molecule has 0 saturated carbocycles. The van der Waals surface area contributed by atoms with Gasteiger partial charge in [-0.1, -0.05) is 47.7 Å². The fraction of sp³-hybridized carbons (Fsp3) is 0.105. The first kappa shape index (κ1) is 15.5. The molecule has 2 heterocycles. The van der Waals surface area contributed by atoms with Gasteiger partial charge in [0.2, 0.25) is 5.75 Å². The molecule has 0 N–H and O–H groups in total. The summed E-state index contributed by atoms with van der Waals surface area (Å²) < 4.78 is 10.8. The Hall–Kier alpha value is -2.99. The van der Waals surface area contributed by atoms with Crippen molar-refractivity contribution in [1.82, 2.24) is 10.2 Å². The maximum atomic E-state index is 12.4. The van der Waals surface area contributed by atoms with Crippen LogP contribution in [0.2, 0.25) is 0 Å². The van der Waals surface area contributed by atoms with Gasteiger partial charge in [-0.2, -0.15) is 0 Å². The van der Waals surface area contributed by atoms with Crippen molar-refractivity contribution in [3.8, 4) is 27.4 Å². The Bertz CT molecular complexity index is 1120. The number of nitrogens with zero attached hydrogens (tertiary/aromatic N) is 2. The molecule has 0 bridgehead atoms. The van der Waals surface area contributed by atoms with Crippen molar-refractivity contribution in [2.45, 2.75) is 6.92 Å². The van der Waals surface area contributed by atoms with E-state index < -0.39 is 5.63 Å². The summed E-state index contributed by atoms with van der Waals surface area (Å²) >= 11 is 1.50. The summed E-state index contributed by atoms with van der Waals surface area (Å²) in [5.74, 6) is 0.207. The summed E-state index contributed by atoms with van der Waals surface area (Å²) in [4.78, 5) is 12.4. The molecule has 2 aromatic carbocycles. The lowest BCUT2D eigenvalue weighted by atomic mass is 10.00. The van der Waals surface area contributed by atoms with E-state index in [0.29, 0.717) is 5.58 Å². The maximum Gasteiger partial charge on any atom is 0.379 e. The van der Waals surface area contributed by atoms with E-state index in [1.54, 1.807) is 0 Å². The molecular weight excluding hydrogens is 336 g/mol. The van der Waals surface area contributed by atoms with E-state index >= 15 is 0 Å². The second-order valence-corrected chi connectivity index (χ2v) is 6.68. The minimum Gasteiger partial charge on any atom is -0.489 e. The predicted octanol–water partition coefficient (Wildman–Crippen LogP) is 4.30. The molecule has 0 unspecified atom stereocenters. The quantitative estimate of drug-likeness (QED) is 0.516. The van der Waals surface area contributed by atoms with Crippen LogP contribution in [0.25, 0.3) is 32.7 Å². The SMILES string of the molecule is COc1c(-c2ccccc2)c2ccc(-c3nnc(C)s3)cc2oc1=O. The van der Waals surface area contributed by atoms with Gasteiger partial charge in [-0.15, -0.1) is 10.2 Å². The molecular formula is C19H14N2O3S. The van der Waals surface area contributed by atoms with Crippen LogP contribution >= 0.6 is 11.3 Å². The zero-order chi connectivity index (χ0) is 17.4. The number of aryl methyl sites for hydroxylation is 1. The van der Waals surface area contributed by atoms with Crippen molar-refractivity contribution in [1.29, 1.82) is 0 Å². The largest absolute Gasteiger partial charge is 0.489 e. The number of aromatic nitrogens is 2. The molecule has 124 valence electrons. The molecule has 0 spiro atoms. The predicted molar refractivity (Wildman–Crippen MR) is 98.1 cm³/mol. The first-order chi connectivity index (χ1) is 12.2. The monoisotopic (exact) mass is 350 g/mol. The van der Waals surface area contributed by atoms with Gasteiger partial charge in [0.25, 0.3) is 0 Å². The van der Waals surface area contributed by atoms with Gasteiger partial charge in [0, 0.05) is 16.5 Å². The third-order valence-corrected chi connectivity index (χ3v) is 4.79. The van der Waals surface area contributed by atoms with Crippen molar-refractivity contribution in [2.75, 3.05) is 7.11 Å². The van der Waals surface area contributed by atoms with Gasteiger partial charge >= 0.3 is 5.63 Å². The maximum absolute atomic E-state index is 12.4.